The lowest BCUT2D eigenvalue weighted by Gasteiger charge is -2.36. The van der Waals surface area contributed by atoms with Crippen molar-refractivity contribution >= 4 is 23.2 Å². The van der Waals surface area contributed by atoms with Crippen molar-refractivity contribution in [3.63, 3.8) is 0 Å². The first kappa shape index (κ1) is 16.0. The lowest BCUT2D eigenvalue weighted by molar-refractivity contribution is 0.0567. The normalized spacial score (nSPS) is 30.6. The van der Waals surface area contributed by atoms with E-state index in [9.17, 15) is 0 Å². The number of ether oxygens (including phenoxy) is 1. The Morgan fingerprint density at radius 2 is 1.88 bits per heavy atom. The molecule has 2 unspecified atom stereocenters. The maximum Gasteiger partial charge on any atom is 0.140 e. The molecule has 1 heterocycles. The topological polar surface area (TPSA) is 12.5 Å². The van der Waals surface area contributed by atoms with Crippen LogP contribution in [0.15, 0.2) is 42.5 Å². The zero-order chi connectivity index (χ0) is 17.0. The summed E-state index contributed by atoms with van der Waals surface area (Å²) in [5.41, 5.74) is 2.37. The second-order valence-electron chi connectivity index (χ2n) is 7.61. The summed E-state index contributed by atoms with van der Waals surface area (Å²) in [6.07, 6.45) is 5.00. The molecular weight excluding hydrogens is 353 g/mol. The predicted octanol–water partition coefficient (Wildman–Crippen LogP) is 5.52. The number of fused-ring (bicyclic) bond motifs is 3. The van der Waals surface area contributed by atoms with Crippen LogP contribution in [-0.2, 0) is 6.42 Å². The quantitative estimate of drug-likeness (QED) is 0.701. The molecule has 3 aliphatic rings. The highest BCUT2D eigenvalue weighted by molar-refractivity contribution is 6.35. The fourth-order valence-corrected chi connectivity index (χ4v) is 5.65. The standard InChI is InChI=1S/C21H21Cl2NO/c22-14-9-18-17(19(23)10-14)11-20(24-12-13-6-7-15(24)8-13)21(18)25-16-4-2-1-3-5-16/h1-5,9-10,13,15,20-21H,6-8,11-12H2/t13?,15?,20-,21-/m0/s1. The number of hydrogen-bond acceptors (Lipinski definition) is 2. The summed E-state index contributed by atoms with van der Waals surface area (Å²) >= 11 is 12.8. The minimum Gasteiger partial charge on any atom is -0.484 e. The van der Waals surface area contributed by atoms with E-state index >= 15 is 0 Å². The molecule has 0 aromatic heterocycles. The Kier molecular flexibility index (Phi) is 3.96. The van der Waals surface area contributed by atoms with E-state index in [1.54, 1.807) is 0 Å². The monoisotopic (exact) mass is 373 g/mol. The molecule has 2 bridgehead atoms. The van der Waals surface area contributed by atoms with E-state index in [4.69, 9.17) is 27.9 Å². The van der Waals surface area contributed by atoms with Gasteiger partial charge in [-0.3, -0.25) is 4.90 Å². The van der Waals surface area contributed by atoms with Crippen molar-refractivity contribution in [3.8, 4) is 5.75 Å². The third kappa shape index (κ3) is 2.75. The molecule has 25 heavy (non-hydrogen) atoms. The summed E-state index contributed by atoms with van der Waals surface area (Å²) in [5, 5.41) is 1.46. The highest BCUT2D eigenvalue weighted by atomic mass is 35.5. The molecule has 1 aliphatic heterocycles. The van der Waals surface area contributed by atoms with Crippen molar-refractivity contribution in [2.75, 3.05) is 6.54 Å². The predicted molar refractivity (Wildman–Crippen MR) is 102 cm³/mol. The van der Waals surface area contributed by atoms with E-state index in [1.807, 2.05) is 42.5 Å². The number of rotatable bonds is 3. The summed E-state index contributed by atoms with van der Waals surface area (Å²) in [6, 6.07) is 15.1. The van der Waals surface area contributed by atoms with Crippen LogP contribution in [0, 0.1) is 5.92 Å². The van der Waals surface area contributed by atoms with Crippen LogP contribution in [0.5, 0.6) is 5.75 Å². The first-order chi connectivity index (χ1) is 12.2. The number of para-hydroxylation sites is 1. The first-order valence-corrected chi connectivity index (χ1v) is 9.90. The van der Waals surface area contributed by atoms with Gasteiger partial charge in [-0.1, -0.05) is 41.4 Å². The molecule has 2 nitrogen and oxygen atoms in total. The van der Waals surface area contributed by atoms with Crippen LogP contribution in [0.25, 0.3) is 0 Å². The van der Waals surface area contributed by atoms with Crippen LogP contribution in [-0.4, -0.2) is 23.5 Å². The second kappa shape index (κ2) is 6.19. The van der Waals surface area contributed by atoms with Gasteiger partial charge in [0.15, 0.2) is 0 Å². The molecule has 0 amide bonds. The molecule has 1 saturated carbocycles. The SMILES string of the molecule is Clc1cc(Cl)c2c(c1)[C@H](Oc1ccccc1)[C@@H](N1CC3CCC1C3)C2. The van der Waals surface area contributed by atoms with Gasteiger partial charge in [0.2, 0.25) is 0 Å². The minimum absolute atomic E-state index is 0.00653. The summed E-state index contributed by atoms with van der Waals surface area (Å²) in [6.45, 7) is 1.20. The van der Waals surface area contributed by atoms with Crippen LogP contribution >= 0.6 is 23.2 Å². The average molecular weight is 374 g/mol. The molecule has 2 aromatic carbocycles. The molecule has 130 valence electrons. The highest BCUT2D eigenvalue weighted by Gasteiger charge is 2.47. The van der Waals surface area contributed by atoms with Gasteiger partial charge in [0.1, 0.15) is 11.9 Å². The number of hydrogen-bond donors (Lipinski definition) is 0. The Hall–Kier alpha value is -1.22. The molecule has 0 radical (unpaired) electrons. The number of piperidine rings is 1. The van der Waals surface area contributed by atoms with Gasteiger partial charge in [0.05, 0.1) is 6.04 Å². The van der Waals surface area contributed by atoms with Crippen molar-refractivity contribution in [3.05, 3.63) is 63.6 Å². The third-order valence-corrected chi connectivity index (χ3v) is 6.70. The summed E-state index contributed by atoms with van der Waals surface area (Å²) < 4.78 is 6.49. The summed E-state index contributed by atoms with van der Waals surface area (Å²) in [7, 11) is 0. The largest absolute Gasteiger partial charge is 0.484 e. The second-order valence-corrected chi connectivity index (χ2v) is 8.45. The van der Waals surface area contributed by atoms with Crippen LogP contribution in [0.4, 0.5) is 0 Å². The molecular formula is C21H21Cl2NO. The zero-order valence-electron chi connectivity index (χ0n) is 14.0. The van der Waals surface area contributed by atoms with Crippen molar-refractivity contribution in [2.45, 2.75) is 43.9 Å². The smallest absolute Gasteiger partial charge is 0.140 e. The van der Waals surface area contributed by atoms with Gasteiger partial charge >= 0.3 is 0 Å². The fourth-order valence-electron chi connectivity index (χ4n) is 5.06. The van der Waals surface area contributed by atoms with Crippen molar-refractivity contribution in [1.29, 1.82) is 0 Å². The maximum absolute atomic E-state index is 6.54. The van der Waals surface area contributed by atoms with Crippen LogP contribution in [0.3, 0.4) is 0 Å². The Labute approximate surface area is 158 Å². The van der Waals surface area contributed by atoms with E-state index in [0.717, 1.165) is 28.7 Å². The van der Waals surface area contributed by atoms with E-state index in [1.165, 1.54) is 31.4 Å². The molecule has 2 fully saturated rings. The van der Waals surface area contributed by atoms with Gasteiger partial charge in [-0.05, 0) is 61.4 Å². The molecule has 5 rings (SSSR count). The molecule has 2 aromatic rings. The zero-order valence-corrected chi connectivity index (χ0v) is 15.5. The first-order valence-electron chi connectivity index (χ1n) is 9.14. The third-order valence-electron chi connectivity index (χ3n) is 6.15. The minimum atomic E-state index is -0.00653. The van der Waals surface area contributed by atoms with Crippen LogP contribution < -0.4 is 4.74 Å². The molecule has 4 heteroatoms. The van der Waals surface area contributed by atoms with Crippen molar-refractivity contribution < 1.29 is 4.74 Å². The van der Waals surface area contributed by atoms with Crippen molar-refractivity contribution in [2.24, 2.45) is 5.92 Å². The number of nitrogens with zero attached hydrogens (tertiary/aromatic N) is 1. The van der Waals surface area contributed by atoms with Gasteiger partial charge in [-0.25, -0.2) is 0 Å². The van der Waals surface area contributed by atoms with Gasteiger partial charge < -0.3 is 4.74 Å². The lowest BCUT2D eigenvalue weighted by Crippen LogP contribution is -2.44. The Bertz CT molecular complexity index is 794. The number of halogens is 2. The van der Waals surface area contributed by atoms with E-state index < -0.39 is 0 Å². The van der Waals surface area contributed by atoms with Gasteiger partial charge in [0.25, 0.3) is 0 Å². The van der Waals surface area contributed by atoms with Crippen molar-refractivity contribution in [1.82, 2.24) is 4.90 Å². The number of likely N-dealkylation sites (tertiary alicyclic amines) is 1. The van der Waals surface area contributed by atoms with E-state index in [0.29, 0.717) is 17.1 Å². The van der Waals surface area contributed by atoms with Gasteiger partial charge in [0, 0.05) is 28.2 Å². The molecule has 0 spiro atoms. The van der Waals surface area contributed by atoms with Gasteiger partial charge in [-0.15, -0.1) is 0 Å². The van der Waals surface area contributed by atoms with Crippen LogP contribution in [0.1, 0.15) is 36.5 Å². The molecule has 0 N–H and O–H groups in total. The highest BCUT2D eigenvalue weighted by Crippen LogP contribution is 2.47. The fraction of sp³-hybridized carbons (Fsp3) is 0.429. The summed E-state index contributed by atoms with van der Waals surface area (Å²) in [4.78, 5) is 2.69. The van der Waals surface area contributed by atoms with E-state index in [-0.39, 0.29) is 6.10 Å². The Balaban J connectivity index is 1.53. The maximum atomic E-state index is 6.54. The van der Waals surface area contributed by atoms with Gasteiger partial charge in [-0.2, -0.15) is 0 Å². The average Bonchev–Trinajstić information content (AvgIpc) is 3.31. The molecule has 4 atom stereocenters. The molecule has 2 aliphatic carbocycles. The number of benzene rings is 2. The van der Waals surface area contributed by atoms with Crippen LogP contribution in [0.2, 0.25) is 10.0 Å². The Morgan fingerprint density at radius 3 is 2.60 bits per heavy atom. The Morgan fingerprint density at radius 1 is 1.04 bits per heavy atom. The molecule has 1 saturated heterocycles. The van der Waals surface area contributed by atoms with E-state index in [2.05, 4.69) is 4.90 Å². The summed E-state index contributed by atoms with van der Waals surface area (Å²) in [5.74, 6) is 1.77. The lowest BCUT2D eigenvalue weighted by atomic mass is 10.0.